The summed E-state index contributed by atoms with van der Waals surface area (Å²) in [6, 6.07) is 18.5. The second-order valence-electron chi connectivity index (χ2n) is 5.99. The first-order chi connectivity index (χ1) is 10.7. The van der Waals surface area contributed by atoms with E-state index in [0.29, 0.717) is 6.61 Å². The molecule has 3 heteroatoms. The molecule has 1 saturated heterocycles. The van der Waals surface area contributed by atoms with Crippen LogP contribution in [0.15, 0.2) is 54.6 Å². The molecule has 0 amide bonds. The van der Waals surface area contributed by atoms with Crippen molar-refractivity contribution < 1.29 is 9.84 Å². The van der Waals surface area contributed by atoms with Gasteiger partial charge in [-0.1, -0.05) is 60.2 Å². The van der Waals surface area contributed by atoms with Crippen LogP contribution in [0.1, 0.15) is 22.8 Å². The molecule has 1 aliphatic rings. The molecule has 0 saturated carbocycles. The highest BCUT2D eigenvalue weighted by Gasteiger charge is 2.27. The second-order valence-corrected chi connectivity index (χ2v) is 5.99. The lowest BCUT2D eigenvalue weighted by Gasteiger charge is -2.35. The Labute approximate surface area is 132 Å². The highest BCUT2D eigenvalue weighted by molar-refractivity contribution is 5.24. The summed E-state index contributed by atoms with van der Waals surface area (Å²) in [5.74, 6) is 0. The fourth-order valence-electron chi connectivity index (χ4n) is 2.89. The van der Waals surface area contributed by atoms with E-state index in [9.17, 15) is 5.11 Å². The lowest BCUT2D eigenvalue weighted by atomic mass is 10.0. The van der Waals surface area contributed by atoms with Gasteiger partial charge in [0.15, 0.2) is 0 Å². The molecule has 116 valence electrons. The molecule has 1 N–H and O–H groups in total. The Morgan fingerprint density at radius 2 is 1.86 bits per heavy atom. The Morgan fingerprint density at radius 1 is 1.14 bits per heavy atom. The minimum Gasteiger partial charge on any atom is -0.386 e. The maximum Gasteiger partial charge on any atom is 0.106 e. The fraction of sp³-hybridized carbons (Fsp3) is 0.368. The highest BCUT2D eigenvalue weighted by Crippen LogP contribution is 2.23. The normalized spacial score (nSPS) is 20.7. The molecular formula is C19H23NO2. The topological polar surface area (TPSA) is 32.7 Å². The van der Waals surface area contributed by atoms with Crippen LogP contribution in [0.5, 0.6) is 0 Å². The molecule has 1 heterocycles. The van der Waals surface area contributed by atoms with Gasteiger partial charge in [-0.2, -0.15) is 0 Å². The first kappa shape index (κ1) is 15.2. The van der Waals surface area contributed by atoms with E-state index < -0.39 is 6.10 Å². The Morgan fingerprint density at radius 3 is 2.59 bits per heavy atom. The van der Waals surface area contributed by atoms with Gasteiger partial charge in [-0.05, 0) is 18.1 Å². The summed E-state index contributed by atoms with van der Waals surface area (Å²) in [7, 11) is 0. The van der Waals surface area contributed by atoms with Gasteiger partial charge in [-0.3, -0.25) is 4.90 Å². The van der Waals surface area contributed by atoms with Crippen molar-refractivity contribution >= 4 is 0 Å². The lowest BCUT2D eigenvalue weighted by Crippen LogP contribution is -2.44. The second kappa shape index (κ2) is 7.05. The fourth-order valence-corrected chi connectivity index (χ4v) is 2.89. The predicted octanol–water partition coefficient (Wildman–Crippen LogP) is 2.93. The summed E-state index contributed by atoms with van der Waals surface area (Å²) >= 11 is 0. The number of hydrogen-bond donors (Lipinski definition) is 1. The van der Waals surface area contributed by atoms with Gasteiger partial charge in [-0.15, -0.1) is 0 Å². The van der Waals surface area contributed by atoms with E-state index in [-0.39, 0.29) is 6.10 Å². The number of morpholine rings is 1. The Hall–Kier alpha value is -1.68. The van der Waals surface area contributed by atoms with Crippen LogP contribution in [0.25, 0.3) is 0 Å². The predicted molar refractivity (Wildman–Crippen MR) is 87.6 cm³/mol. The van der Waals surface area contributed by atoms with E-state index in [1.807, 2.05) is 30.3 Å². The number of nitrogens with zero attached hydrogens (tertiary/aromatic N) is 1. The summed E-state index contributed by atoms with van der Waals surface area (Å²) in [5.41, 5.74) is 3.43. The summed E-state index contributed by atoms with van der Waals surface area (Å²) < 4.78 is 5.80. The molecule has 0 radical (unpaired) electrons. The monoisotopic (exact) mass is 297 g/mol. The maximum atomic E-state index is 10.6. The van der Waals surface area contributed by atoms with Crippen LogP contribution in [0.3, 0.4) is 0 Å². The molecule has 2 unspecified atom stereocenters. The van der Waals surface area contributed by atoms with Crippen molar-refractivity contribution in [3.05, 3.63) is 71.3 Å². The molecule has 1 fully saturated rings. The van der Waals surface area contributed by atoms with Crippen LogP contribution >= 0.6 is 0 Å². The summed E-state index contributed by atoms with van der Waals surface area (Å²) in [5, 5.41) is 10.6. The third kappa shape index (κ3) is 3.74. The quantitative estimate of drug-likeness (QED) is 0.942. The van der Waals surface area contributed by atoms with Crippen molar-refractivity contribution in [3.8, 4) is 0 Å². The Kier molecular flexibility index (Phi) is 4.88. The minimum absolute atomic E-state index is 0.167. The van der Waals surface area contributed by atoms with Gasteiger partial charge < -0.3 is 9.84 Å². The van der Waals surface area contributed by atoms with E-state index in [2.05, 4.69) is 36.1 Å². The molecule has 2 atom stereocenters. The van der Waals surface area contributed by atoms with E-state index in [0.717, 1.165) is 25.2 Å². The largest absolute Gasteiger partial charge is 0.386 e. The molecule has 0 bridgehead atoms. The van der Waals surface area contributed by atoms with Crippen molar-refractivity contribution in [3.63, 3.8) is 0 Å². The molecule has 0 aliphatic carbocycles. The smallest absolute Gasteiger partial charge is 0.106 e. The molecule has 3 nitrogen and oxygen atoms in total. The summed E-state index contributed by atoms with van der Waals surface area (Å²) in [6.45, 7) is 5.28. The van der Waals surface area contributed by atoms with Crippen LogP contribution in [0.2, 0.25) is 0 Å². The molecule has 2 aromatic carbocycles. The number of aliphatic hydroxyl groups is 1. The molecule has 3 rings (SSSR count). The van der Waals surface area contributed by atoms with Crippen molar-refractivity contribution in [1.82, 2.24) is 4.90 Å². The molecule has 2 aromatic rings. The van der Waals surface area contributed by atoms with E-state index in [1.165, 1.54) is 11.1 Å². The van der Waals surface area contributed by atoms with Gasteiger partial charge in [0, 0.05) is 19.6 Å². The van der Waals surface area contributed by atoms with Gasteiger partial charge in [0.05, 0.1) is 6.61 Å². The summed E-state index contributed by atoms with van der Waals surface area (Å²) in [6.07, 6.45) is -0.737. The summed E-state index contributed by atoms with van der Waals surface area (Å²) in [4.78, 5) is 2.35. The average molecular weight is 297 g/mol. The first-order valence-corrected chi connectivity index (χ1v) is 7.85. The number of benzene rings is 2. The minimum atomic E-state index is -0.570. The van der Waals surface area contributed by atoms with Crippen molar-refractivity contribution in [2.75, 3.05) is 19.7 Å². The standard InChI is InChI=1S/C19H23NO2/c1-15-7-9-17(10-8-15)19(21)18-14-20(11-12-22-18)13-16-5-3-2-4-6-16/h2-10,18-19,21H,11-14H2,1H3. The van der Waals surface area contributed by atoms with Gasteiger partial charge in [0.25, 0.3) is 0 Å². The zero-order valence-electron chi connectivity index (χ0n) is 13.0. The van der Waals surface area contributed by atoms with Gasteiger partial charge >= 0.3 is 0 Å². The van der Waals surface area contributed by atoms with Gasteiger partial charge in [0.1, 0.15) is 12.2 Å². The number of hydrogen-bond acceptors (Lipinski definition) is 3. The van der Waals surface area contributed by atoms with Gasteiger partial charge in [0.2, 0.25) is 0 Å². The van der Waals surface area contributed by atoms with E-state index in [1.54, 1.807) is 0 Å². The Bertz CT molecular complexity index is 582. The SMILES string of the molecule is Cc1ccc(C(O)C2CN(Cc3ccccc3)CCO2)cc1. The van der Waals surface area contributed by atoms with E-state index in [4.69, 9.17) is 4.74 Å². The Balaban J connectivity index is 1.63. The van der Waals surface area contributed by atoms with Crippen molar-refractivity contribution in [2.24, 2.45) is 0 Å². The maximum absolute atomic E-state index is 10.6. The lowest BCUT2D eigenvalue weighted by molar-refractivity contribution is -0.0918. The number of ether oxygens (including phenoxy) is 1. The molecule has 1 aliphatic heterocycles. The van der Waals surface area contributed by atoms with Crippen molar-refractivity contribution in [2.45, 2.75) is 25.7 Å². The molecule has 0 aromatic heterocycles. The highest BCUT2D eigenvalue weighted by atomic mass is 16.5. The van der Waals surface area contributed by atoms with Crippen LogP contribution in [-0.2, 0) is 11.3 Å². The number of aryl methyl sites for hydroxylation is 1. The molecular weight excluding hydrogens is 274 g/mol. The van der Waals surface area contributed by atoms with Crippen LogP contribution in [-0.4, -0.2) is 35.8 Å². The van der Waals surface area contributed by atoms with Gasteiger partial charge in [-0.25, -0.2) is 0 Å². The molecule has 0 spiro atoms. The van der Waals surface area contributed by atoms with Crippen LogP contribution in [0, 0.1) is 6.92 Å². The number of rotatable bonds is 4. The number of aliphatic hydroxyl groups excluding tert-OH is 1. The zero-order chi connectivity index (χ0) is 15.4. The molecule has 22 heavy (non-hydrogen) atoms. The van der Waals surface area contributed by atoms with Crippen molar-refractivity contribution in [1.29, 1.82) is 0 Å². The average Bonchev–Trinajstić information content (AvgIpc) is 2.56. The van der Waals surface area contributed by atoms with E-state index >= 15 is 0 Å². The van der Waals surface area contributed by atoms with Crippen LogP contribution < -0.4 is 0 Å². The first-order valence-electron chi connectivity index (χ1n) is 7.85. The third-order valence-electron chi connectivity index (χ3n) is 4.20. The zero-order valence-corrected chi connectivity index (χ0v) is 13.0. The third-order valence-corrected chi connectivity index (χ3v) is 4.20. The van der Waals surface area contributed by atoms with Crippen LogP contribution in [0.4, 0.5) is 0 Å².